The van der Waals surface area contributed by atoms with Crippen LogP contribution in [0.3, 0.4) is 0 Å². The van der Waals surface area contributed by atoms with E-state index in [1.54, 1.807) is 0 Å². The third kappa shape index (κ3) is 6.38. The molecule has 1 aromatic rings. The Labute approximate surface area is 137 Å². The molecule has 1 saturated heterocycles. The van der Waals surface area contributed by atoms with Gasteiger partial charge in [-0.2, -0.15) is 0 Å². The number of hydrogen-bond acceptors (Lipinski definition) is 4. The number of urea groups is 1. The zero-order valence-corrected chi connectivity index (χ0v) is 13.8. The fraction of sp³-hybridized carbons (Fsp3) is 0.529. The van der Waals surface area contributed by atoms with Crippen LogP contribution in [-0.2, 0) is 11.2 Å². The third-order valence-corrected chi connectivity index (χ3v) is 3.98. The molecule has 0 radical (unpaired) electrons. The number of imide groups is 1. The second kappa shape index (κ2) is 9.27. The Hall–Kier alpha value is -1.92. The lowest BCUT2D eigenvalue weighted by Crippen LogP contribution is -2.51. The average Bonchev–Trinajstić information content (AvgIpc) is 2.55. The van der Waals surface area contributed by atoms with Gasteiger partial charge in [-0.15, -0.1) is 0 Å². The van der Waals surface area contributed by atoms with Gasteiger partial charge in [0.05, 0.1) is 6.54 Å². The fourth-order valence-corrected chi connectivity index (χ4v) is 2.68. The zero-order valence-electron chi connectivity index (χ0n) is 13.8. The summed E-state index contributed by atoms with van der Waals surface area (Å²) in [7, 11) is 0. The topological polar surface area (TPSA) is 64.7 Å². The number of hydrogen-bond donors (Lipinski definition) is 2. The van der Waals surface area contributed by atoms with E-state index in [-0.39, 0.29) is 12.5 Å². The minimum absolute atomic E-state index is 0.242. The van der Waals surface area contributed by atoms with E-state index in [9.17, 15) is 9.59 Å². The van der Waals surface area contributed by atoms with Gasteiger partial charge >= 0.3 is 6.03 Å². The average molecular weight is 318 g/mol. The molecule has 0 unspecified atom stereocenters. The summed E-state index contributed by atoms with van der Waals surface area (Å²) >= 11 is 0. The van der Waals surface area contributed by atoms with Crippen molar-refractivity contribution in [1.82, 2.24) is 20.4 Å². The first-order chi connectivity index (χ1) is 11.2. The lowest BCUT2D eigenvalue weighted by atomic mass is 10.1. The zero-order chi connectivity index (χ0) is 16.5. The highest BCUT2D eigenvalue weighted by atomic mass is 16.2. The second-order valence-corrected chi connectivity index (χ2v) is 5.76. The lowest BCUT2D eigenvalue weighted by Gasteiger charge is -2.34. The molecule has 1 aliphatic rings. The van der Waals surface area contributed by atoms with E-state index in [4.69, 9.17) is 0 Å². The molecule has 1 heterocycles. The molecule has 6 heteroatoms. The standard InChI is InChI=1S/C17H26N4O2/c1-2-18-17(23)19-16(22)14-21-12-10-20(11-13-21)9-8-15-6-4-3-5-7-15/h3-7H,2,8-14H2,1H3,(H2,18,19,22,23). The van der Waals surface area contributed by atoms with Gasteiger partial charge < -0.3 is 10.2 Å². The van der Waals surface area contributed by atoms with Crippen LogP contribution in [0.1, 0.15) is 12.5 Å². The molecule has 0 bridgehead atoms. The van der Waals surface area contributed by atoms with Crippen LogP contribution >= 0.6 is 0 Å². The van der Waals surface area contributed by atoms with Crippen LogP contribution in [0.25, 0.3) is 0 Å². The predicted octanol–water partition coefficient (Wildman–Crippen LogP) is 0.692. The molecular formula is C17H26N4O2. The van der Waals surface area contributed by atoms with Crippen LogP contribution < -0.4 is 10.6 Å². The highest BCUT2D eigenvalue weighted by molar-refractivity contribution is 5.95. The van der Waals surface area contributed by atoms with Gasteiger partial charge in [0.1, 0.15) is 0 Å². The molecule has 0 aliphatic carbocycles. The third-order valence-electron chi connectivity index (χ3n) is 3.98. The Bertz CT molecular complexity index is 499. The second-order valence-electron chi connectivity index (χ2n) is 5.76. The van der Waals surface area contributed by atoms with Crippen LogP contribution in [0.5, 0.6) is 0 Å². The van der Waals surface area contributed by atoms with Crippen LogP contribution in [0.2, 0.25) is 0 Å². The van der Waals surface area contributed by atoms with Crippen molar-refractivity contribution in [1.29, 1.82) is 0 Å². The first-order valence-electron chi connectivity index (χ1n) is 8.23. The van der Waals surface area contributed by atoms with E-state index in [0.717, 1.165) is 39.1 Å². The van der Waals surface area contributed by atoms with Gasteiger partial charge in [-0.05, 0) is 18.9 Å². The molecule has 126 valence electrons. The molecule has 23 heavy (non-hydrogen) atoms. The minimum atomic E-state index is -0.418. The number of piperazine rings is 1. The number of nitrogens with one attached hydrogen (secondary N) is 2. The Morgan fingerprint density at radius 2 is 1.70 bits per heavy atom. The molecule has 1 fully saturated rings. The molecule has 3 amide bonds. The van der Waals surface area contributed by atoms with Gasteiger partial charge in [-0.1, -0.05) is 30.3 Å². The highest BCUT2D eigenvalue weighted by Gasteiger charge is 2.19. The number of carbonyl (C=O) groups is 2. The largest absolute Gasteiger partial charge is 0.338 e. The van der Waals surface area contributed by atoms with Crippen molar-refractivity contribution in [3.63, 3.8) is 0 Å². The van der Waals surface area contributed by atoms with Crippen LogP contribution in [-0.4, -0.2) is 67.6 Å². The minimum Gasteiger partial charge on any atom is -0.338 e. The number of benzene rings is 1. The van der Waals surface area contributed by atoms with Gasteiger partial charge in [0, 0.05) is 39.3 Å². The summed E-state index contributed by atoms with van der Waals surface area (Å²) in [6.07, 6.45) is 1.05. The van der Waals surface area contributed by atoms with Crippen molar-refractivity contribution in [3.8, 4) is 0 Å². The molecule has 0 atom stereocenters. The molecule has 0 aromatic heterocycles. The summed E-state index contributed by atoms with van der Waals surface area (Å²) in [4.78, 5) is 27.6. The maximum atomic E-state index is 11.8. The van der Waals surface area contributed by atoms with Crippen molar-refractivity contribution in [2.75, 3.05) is 45.8 Å². The van der Waals surface area contributed by atoms with E-state index in [2.05, 4.69) is 44.7 Å². The number of amides is 3. The van der Waals surface area contributed by atoms with Crippen molar-refractivity contribution in [2.45, 2.75) is 13.3 Å². The normalized spacial score (nSPS) is 16.0. The Morgan fingerprint density at radius 1 is 1.04 bits per heavy atom. The molecule has 0 saturated carbocycles. The predicted molar refractivity (Wildman–Crippen MR) is 90.2 cm³/mol. The molecule has 0 spiro atoms. The van der Waals surface area contributed by atoms with Crippen molar-refractivity contribution in [2.24, 2.45) is 0 Å². The van der Waals surface area contributed by atoms with Crippen molar-refractivity contribution < 1.29 is 9.59 Å². The Morgan fingerprint density at radius 3 is 2.35 bits per heavy atom. The van der Waals surface area contributed by atoms with Gasteiger partial charge in [0.15, 0.2) is 0 Å². The number of rotatable bonds is 6. The number of nitrogens with zero attached hydrogens (tertiary/aromatic N) is 2. The van der Waals surface area contributed by atoms with Gasteiger partial charge in [0.25, 0.3) is 0 Å². The van der Waals surface area contributed by atoms with Crippen molar-refractivity contribution in [3.05, 3.63) is 35.9 Å². The molecule has 2 rings (SSSR count). The lowest BCUT2D eigenvalue weighted by molar-refractivity contribution is -0.121. The van der Waals surface area contributed by atoms with E-state index in [1.807, 2.05) is 13.0 Å². The molecule has 2 N–H and O–H groups in total. The van der Waals surface area contributed by atoms with Crippen molar-refractivity contribution >= 4 is 11.9 Å². The molecular weight excluding hydrogens is 292 g/mol. The quantitative estimate of drug-likeness (QED) is 0.810. The summed E-state index contributed by atoms with van der Waals surface area (Å²) in [6.45, 7) is 7.29. The maximum absolute atomic E-state index is 11.8. The van der Waals surface area contributed by atoms with E-state index in [0.29, 0.717) is 6.54 Å². The Balaban J connectivity index is 1.63. The molecule has 1 aromatic carbocycles. The fourth-order valence-electron chi connectivity index (χ4n) is 2.68. The van der Waals surface area contributed by atoms with E-state index >= 15 is 0 Å². The van der Waals surface area contributed by atoms with Gasteiger partial charge in [0.2, 0.25) is 5.91 Å². The number of carbonyl (C=O) groups excluding carboxylic acids is 2. The van der Waals surface area contributed by atoms with Gasteiger partial charge in [-0.3, -0.25) is 15.0 Å². The first kappa shape index (κ1) is 17.4. The summed E-state index contributed by atoms with van der Waals surface area (Å²) in [5, 5.41) is 4.90. The summed E-state index contributed by atoms with van der Waals surface area (Å²) in [6, 6.07) is 10.1. The summed E-state index contributed by atoms with van der Waals surface area (Å²) < 4.78 is 0. The van der Waals surface area contributed by atoms with Gasteiger partial charge in [-0.25, -0.2) is 4.79 Å². The molecule has 1 aliphatic heterocycles. The Kier molecular flexibility index (Phi) is 7.03. The summed E-state index contributed by atoms with van der Waals surface area (Å²) in [5.74, 6) is -0.242. The monoisotopic (exact) mass is 318 g/mol. The maximum Gasteiger partial charge on any atom is 0.321 e. The van der Waals surface area contributed by atoms with E-state index < -0.39 is 6.03 Å². The smallest absolute Gasteiger partial charge is 0.321 e. The van der Waals surface area contributed by atoms with E-state index in [1.165, 1.54) is 5.56 Å². The summed E-state index contributed by atoms with van der Waals surface area (Å²) in [5.41, 5.74) is 1.36. The van der Waals surface area contributed by atoms with Crippen LogP contribution in [0, 0.1) is 0 Å². The highest BCUT2D eigenvalue weighted by Crippen LogP contribution is 2.05. The molecule has 6 nitrogen and oxygen atoms in total. The van der Waals surface area contributed by atoms with Crippen LogP contribution in [0.15, 0.2) is 30.3 Å². The first-order valence-corrected chi connectivity index (χ1v) is 8.23. The SMILES string of the molecule is CCNC(=O)NC(=O)CN1CCN(CCc2ccccc2)CC1. The van der Waals surface area contributed by atoms with Crippen LogP contribution in [0.4, 0.5) is 4.79 Å².